The summed E-state index contributed by atoms with van der Waals surface area (Å²) >= 11 is 5.42. The van der Waals surface area contributed by atoms with E-state index in [4.69, 9.17) is 11.6 Å². The maximum Gasteiger partial charge on any atom is 0.123 e. The molecule has 66 valence electrons. The van der Waals surface area contributed by atoms with Gasteiger partial charge in [0.05, 0.1) is 12.0 Å². The number of aliphatic hydroxyl groups excluding tert-OH is 1. The fourth-order valence-electron chi connectivity index (χ4n) is 1.05. The van der Waals surface area contributed by atoms with Gasteiger partial charge in [0, 0.05) is 0 Å². The Balaban J connectivity index is 3.00. The highest BCUT2D eigenvalue weighted by atomic mass is 35.5. The van der Waals surface area contributed by atoms with Gasteiger partial charge in [0.2, 0.25) is 0 Å². The van der Waals surface area contributed by atoms with E-state index in [1.54, 1.807) is 13.0 Å². The number of halogens is 2. The molecular formula is C9H10ClFO. The minimum Gasteiger partial charge on any atom is -0.387 e. The molecule has 3 heteroatoms. The van der Waals surface area contributed by atoms with Crippen molar-refractivity contribution in [2.24, 2.45) is 0 Å². The van der Waals surface area contributed by atoms with Crippen molar-refractivity contribution >= 4 is 11.6 Å². The largest absolute Gasteiger partial charge is 0.387 e. The van der Waals surface area contributed by atoms with Crippen molar-refractivity contribution in [2.45, 2.75) is 13.0 Å². The van der Waals surface area contributed by atoms with Gasteiger partial charge in [-0.1, -0.05) is 6.07 Å². The molecule has 0 heterocycles. The lowest BCUT2D eigenvalue weighted by atomic mass is 10.1. The summed E-state index contributed by atoms with van der Waals surface area (Å²) in [5.41, 5.74) is 1.32. The van der Waals surface area contributed by atoms with Crippen LogP contribution in [0.1, 0.15) is 17.2 Å². The number of rotatable bonds is 2. The number of alkyl halides is 1. The van der Waals surface area contributed by atoms with E-state index >= 15 is 0 Å². The summed E-state index contributed by atoms with van der Waals surface area (Å²) in [5.74, 6) is -0.253. The Bertz CT molecular complexity index is 255. The Kier molecular flexibility index (Phi) is 3.06. The predicted octanol–water partition coefficient (Wildman–Crippen LogP) is 2.41. The van der Waals surface area contributed by atoms with Crippen LogP contribution in [0, 0.1) is 12.7 Å². The molecule has 0 saturated heterocycles. The SMILES string of the molecule is Cc1cc(F)cc(C(O)CCl)c1. The van der Waals surface area contributed by atoms with Crippen LogP contribution in [0.25, 0.3) is 0 Å². The van der Waals surface area contributed by atoms with Crippen LogP contribution in [0.4, 0.5) is 4.39 Å². The van der Waals surface area contributed by atoms with Gasteiger partial charge in [0.15, 0.2) is 0 Å². The zero-order chi connectivity index (χ0) is 9.14. The third-order valence-corrected chi connectivity index (χ3v) is 1.89. The van der Waals surface area contributed by atoms with Gasteiger partial charge in [-0.2, -0.15) is 0 Å². The van der Waals surface area contributed by atoms with Crippen LogP contribution < -0.4 is 0 Å². The fourth-order valence-corrected chi connectivity index (χ4v) is 1.22. The summed E-state index contributed by atoms with van der Waals surface area (Å²) in [6.45, 7) is 1.77. The maximum atomic E-state index is 12.8. The average molecular weight is 189 g/mol. The van der Waals surface area contributed by atoms with Crippen molar-refractivity contribution < 1.29 is 9.50 Å². The van der Waals surface area contributed by atoms with E-state index in [9.17, 15) is 9.50 Å². The lowest BCUT2D eigenvalue weighted by molar-refractivity contribution is 0.202. The van der Waals surface area contributed by atoms with Crippen LogP contribution in [-0.4, -0.2) is 11.0 Å². The molecule has 1 atom stereocenters. The summed E-state index contributed by atoms with van der Waals surface area (Å²) in [4.78, 5) is 0. The molecule has 0 radical (unpaired) electrons. The topological polar surface area (TPSA) is 20.2 Å². The van der Waals surface area contributed by atoms with Crippen LogP contribution in [0.2, 0.25) is 0 Å². The van der Waals surface area contributed by atoms with Gasteiger partial charge in [-0.25, -0.2) is 4.39 Å². The third kappa shape index (κ3) is 2.19. The molecule has 0 fully saturated rings. The number of benzene rings is 1. The molecule has 0 aliphatic rings. The Labute approximate surface area is 75.8 Å². The molecule has 1 aromatic rings. The van der Waals surface area contributed by atoms with E-state index in [-0.39, 0.29) is 11.7 Å². The summed E-state index contributed by atoms with van der Waals surface area (Å²) < 4.78 is 12.8. The molecular weight excluding hydrogens is 179 g/mol. The van der Waals surface area contributed by atoms with Crippen molar-refractivity contribution in [3.63, 3.8) is 0 Å². The van der Waals surface area contributed by atoms with Gasteiger partial charge in [-0.3, -0.25) is 0 Å². The minimum absolute atomic E-state index is 0.0862. The molecule has 1 nitrogen and oxygen atoms in total. The van der Waals surface area contributed by atoms with Crippen molar-refractivity contribution in [1.82, 2.24) is 0 Å². The second kappa shape index (κ2) is 3.87. The highest BCUT2D eigenvalue weighted by Gasteiger charge is 2.06. The van der Waals surface area contributed by atoms with Crippen LogP contribution in [-0.2, 0) is 0 Å². The zero-order valence-electron chi connectivity index (χ0n) is 6.72. The molecule has 0 aliphatic heterocycles. The van der Waals surface area contributed by atoms with Gasteiger partial charge in [0.1, 0.15) is 5.82 Å². The minimum atomic E-state index is -0.777. The van der Waals surface area contributed by atoms with Crippen LogP contribution in [0.5, 0.6) is 0 Å². The summed E-state index contributed by atoms with van der Waals surface area (Å²) in [6, 6.07) is 4.42. The van der Waals surface area contributed by atoms with Gasteiger partial charge in [-0.05, 0) is 30.2 Å². The first-order chi connectivity index (χ1) is 5.63. The highest BCUT2D eigenvalue weighted by Crippen LogP contribution is 2.17. The summed E-state index contributed by atoms with van der Waals surface area (Å²) in [7, 11) is 0. The quantitative estimate of drug-likeness (QED) is 0.707. The Morgan fingerprint density at radius 3 is 2.67 bits per heavy atom. The van der Waals surface area contributed by atoms with E-state index in [0.717, 1.165) is 5.56 Å². The van der Waals surface area contributed by atoms with Gasteiger partial charge < -0.3 is 5.11 Å². The van der Waals surface area contributed by atoms with E-state index < -0.39 is 6.10 Å². The molecule has 1 unspecified atom stereocenters. The smallest absolute Gasteiger partial charge is 0.123 e. The third-order valence-electron chi connectivity index (χ3n) is 1.60. The standard InChI is InChI=1S/C9H10ClFO/c1-6-2-7(9(12)5-10)4-8(11)3-6/h2-4,9,12H,5H2,1H3. The number of aryl methyl sites for hydroxylation is 1. The average Bonchev–Trinajstić information content (AvgIpc) is 2.01. The normalized spacial score (nSPS) is 13.0. The van der Waals surface area contributed by atoms with Crippen molar-refractivity contribution in [3.8, 4) is 0 Å². The van der Waals surface area contributed by atoms with Gasteiger partial charge in [0.25, 0.3) is 0 Å². The molecule has 1 rings (SSSR count). The molecule has 0 aliphatic carbocycles. The Hall–Kier alpha value is -0.600. The van der Waals surface area contributed by atoms with E-state index in [0.29, 0.717) is 5.56 Å². The second-order valence-corrected chi connectivity index (χ2v) is 3.04. The molecule has 12 heavy (non-hydrogen) atoms. The molecule has 1 aromatic carbocycles. The van der Waals surface area contributed by atoms with Gasteiger partial charge in [-0.15, -0.1) is 11.6 Å². The first-order valence-corrected chi connectivity index (χ1v) is 4.18. The summed E-state index contributed by atoms with van der Waals surface area (Å²) in [5, 5.41) is 9.28. The molecule has 0 spiro atoms. The lowest BCUT2D eigenvalue weighted by Crippen LogP contribution is -1.99. The van der Waals surface area contributed by atoms with Crippen LogP contribution in [0.15, 0.2) is 18.2 Å². The van der Waals surface area contributed by atoms with E-state index in [1.807, 2.05) is 0 Å². The van der Waals surface area contributed by atoms with Crippen molar-refractivity contribution in [2.75, 3.05) is 5.88 Å². The van der Waals surface area contributed by atoms with E-state index in [2.05, 4.69) is 0 Å². The molecule has 1 N–H and O–H groups in total. The van der Waals surface area contributed by atoms with Gasteiger partial charge >= 0.3 is 0 Å². The molecule has 0 aromatic heterocycles. The fraction of sp³-hybridized carbons (Fsp3) is 0.333. The number of hydrogen-bond donors (Lipinski definition) is 1. The Morgan fingerprint density at radius 2 is 2.17 bits per heavy atom. The molecule has 0 saturated carbocycles. The maximum absolute atomic E-state index is 12.8. The number of aliphatic hydroxyl groups is 1. The Morgan fingerprint density at radius 1 is 1.50 bits per heavy atom. The molecule has 0 amide bonds. The number of hydrogen-bond acceptors (Lipinski definition) is 1. The first kappa shape index (κ1) is 9.49. The van der Waals surface area contributed by atoms with Crippen LogP contribution in [0.3, 0.4) is 0 Å². The zero-order valence-corrected chi connectivity index (χ0v) is 7.48. The first-order valence-electron chi connectivity index (χ1n) is 3.64. The van der Waals surface area contributed by atoms with E-state index in [1.165, 1.54) is 12.1 Å². The van der Waals surface area contributed by atoms with Crippen LogP contribution >= 0.6 is 11.6 Å². The predicted molar refractivity (Wildman–Crippen MR) is 46.8 cm³/mol. The van der Waals surface area contributed by atoms with Crippen molar-refractivity contribution in [1.29, 1.82) is 0 Å². The lowest BCUT2D eigenvalue weighted by Gasteiger charge is -2.07. The molecule has 0 bridgehead atoms. The monoisotopic (exact) mass is 188 g/mol. The summed E-state index contributed by atoms with van der Waals surface area (Å²) in [6.07, 6.45) is -0.777. The van der Waals surface area contributed by atoms with Crippen molar-refractivity contribution in [3.05, 3.63) is 35.1 Å². The second-order valence-electron chi connectivity index (χ2n) is 2.73. The highest BCUT2D eigenvalue weighted by molar-refractivity contribution is 6.18.